The van der Waals surface area contributed by atoms with Gasteiger partial charge in [-0.3, -0.25) is 4.84 Å². The first-order valence-corrected chi connectivity index (χ1v) is 6.33. The molecule has 0 unspecified atom stereocenters. The molecule has 0 saturated carbocycles. The van der Waals surface area contributed by atoms with Crippen molar-refractivity contribution in [1.29, 1.82) is 0 Å². The van der Waals surface area contributed by atoms with Crippen LogP contribution >= 0.6 is 0 Å². The maximum atomic E-state index is 13.9. The van der Waals surface area contributed by atoms with Crippen LogP contribution in [-0.2, 0) is 10.3 Å². The molecule has 0 aliphatic carbocycles. The van der Waals surface area contributed by atoms with Crippen molar-refractivity contribution in [3.63, 3.8) is 0 Å². The fourth-order valence-corrected chi connectivity index (χ4v) is 1.60. The molecule has 0 aliphatic rings. The first-order valence-electron chi connectivity index (χ1n) is 6.33. The normalized spacial score (nSPS) is 11.6. The van der Waals surface area contributed by atoms with Gasteiger partial charge in [-0.2, -0.15) is 0 Å². The van der Waals surface area contributed by atoms with Crippen LogP contribution < -0.4 is 10.8 Å². The Kier molecular flexibility index (Phi) is 5.05. The van der Waals surface area contributed by atoms with Gasteiger partial charge in [-0.05, 0) is 30.9 Å². The fraction of sp³-hybridized carbons (Fsp3) is 0.500. The van der Waals surface area contributed by atoms with Gasteiger partial charge in [0.25, 0.3) is 0 Å². The highest BCUT2D eigenvalue weighted by Gasteiger charge is 2.23. The standard InChI is InChI=1S/C14H20F2N2O2/c1-8(2)20-18-13(19)17-12-10(14(3,4)5)6-9(15)7-11(12)16/h6-8H,1-5H3,(H2,17,18,19). The van der Waals surface area contributed by atoms with E-state index in [1.165, 1.54) is 6.07 Å². The molecular weight excluding hydrogens is 266 g/mol. The van der Waals surface area contributed by atoms with Crippen molar-refractivity contribution in [2.24, 2.45) is 0 Å². The van der Waals surface area contributed by atoms with Gasteiger partial charge in [-0.1, -0.05) is 20.8 Å². The highest BCUT2D eigenvalue weighted by Crippen LogP contribution is 2.32. The second-order valence-corrected chi connectivity index (χ2v) is 5.78. The van der Waals surface area contributed by atoms with Gasteiger partial charge in [0.05, 0.1) is 11.8 Å². The molecule has 2 N–H and O–H groups in total. The largest absolute Gasteiger partial charge is 0.343 e. The maximum absolute atomic E-state index is 13.9. The third-order valence-electron chi connectivity index (χ3n) is 2.49. The van der Waals surface area contributed by atoms with Crippen LogP contribution in [0.5, 0.6) is 0 Å². The molecule has 1 rings (SSSR count). The van der Waals surface area contributed by atoms with Crippen molar-refractivity contribution in [1.82, 2.24) is 5.48 Å². The Morgan fingerprint density at radius 1 is 1.25 bits per heavy atom. The lowest BCUT2D eigenvalue weighted by Crippen LogP contribution is -2.32. The second-order valence-electron chi connectivity index (χ2n) is 5.78. The summed E-state index contributed by atoms with van der Waals surface area (Å²) in [4.78, 5) is 16.5. The number of anilines is 1. The minimum Gasteiger partial charge on any atom is -0.303 e. The molecule has 20 heavy (non-hydrogen) atoms. The number of hydroxylamine groups is 1. The molecule has 0 fully saturated rings. The molecule has 112 valence electrons. The van der Waals surface area contributed by atoms with E-state index in [0.29, 0.717) is 5.56 Å². The van der Waals surface area contributed by atoms with E-state index in [1.807, 2.05) is 0 Å². The third-order valence-corrected chi connectivity index (χ3v) is 2.49. The van der Waals surface area contributed by atoms with E-state index in [4.69, 9.17) is 4.84 Å². The van der Waals surface area contributed by atoms with E-state index in [2.05, 4.69) is 10.8 Å². The highest BCUT2D eigenvalue weighted by atomic mass is 19.1. The average Bonchev–Trinajstić information content (AvgIpc) is 2.28. The Labute approximate surface area is 117 Å². The molecule has 6 heteroatoms. The molecule has 0 saturated heterocycles. The van der Waals surface area contributed by atoms with E-state index >= 15 is 0 Å². The smallest absolute Gasteiger partial charge is 0.303 e. The van der Waals surface area contributed by atoms with Crippen molar-refractivity contribution in [2.45, 2.75) is 46.1 Å². The van der Waals surface area contributed by atoms with E-state index in [1.54, 1.807) is 34.6 Å². The number of carbonyl (C=O) groups is 1. The Morgan fingerprint density at radius 2 is 1.85 bits per heavy atom. The van der Waals surface area contributed by atoms with Crippen molar-refractivity contribution < 1.29 is 18.4 Å². The zero-order chi connectivity index (χ0) is 15.5. The van der Waals surface area contributed by atoms with E-state index in [9.17, 15) is 13.6 Å². The highest BCUT2D eigenvalue weighted by molar-refractivity contribution is 5.89. The molecule has 1 aromatic rings. The maximum Gasteiger partial charge on any atom is 0.343 e. The number of hydrogen-bond acceptors (Lipinski definition) is 2. The Balaban J connectivity index is 3.02. The number of urea groups is 1. The molecule has 0 aromatic heterocycles. The summed E-state index contributed by atoms with van der Waals surface area (Å²) in [5.41, 5.74) is 1.94. The second kappa shape index (κ2) is 6.17. The van der Waals surface area contributed by atoms with Crippen molar-refractivity contribution in [2.75, 3.05) is 5.32 Å². The van der Waals surface area contributed by atoms with Crippen LogP contribution in [-0.4, -0.2) is 12.1 Å². The molecule has 0 heterocycles. The van der Waals surface area contributed by atoms with Gasteiger partial charge in [0.1, 0.15) is 11.6 Å². The first kappa shape index (κ1) is 16.4. The molecular formula is C14H20F2N2O2. The van der Waals surface area contributed by atoms with Crippen molar-refractivity contribution in [3.8, 4) is 0 Å². The van der Waals surface area contributed by atoms with E-state index < -0.39 is 23.1 Å². The van der Waals surface area contributed by atoms with Gasteiger partial charge in [0.15, 0.2) is 0 Å². The zero-order valence-electron chi connectivity index (χ0n) is 12.3. The van der Waals surface area contributed by atoms with Crippen LogP contribution in [0.2, 0.25) is 0 Å². The number of nitrogens with one attached hydrogen (secondary N) is 2. The van der Waals surface area contributed by atoms with Crippen molar-refractivity contribution >= 4 is 11.7 Å². The first-order chi connectivity index (χ1) is 9.11. The molecule has 1 aromatic carbocycles. The fourth-order valence-electron chi connectivity index (χ4n) is 1.60. The molecule has 0 spiro atoms. The molecule has 0 atom stereocenters. The molecule has 0 bridgehead atoms. The van der Waals surface area contributed by atoms with Crippen LogP contribution in [0.25, 0.3) is 0 Å². The summed E-state index contributed by atoms with van der Waals surface area (Å²) >= 11 is 0. The molecule has 2 amide bonds. The Hall–Kier alpha value is -1.69. The number of carbonyl (C=O) groups excluding carboxylic acids is 1. The summed E-state index contributed by atoms with van der Waals surface area (Å²) in [5, 5.41) is 2.35. The number of halogens is 2. The number of rotatable bonds is 3. The zero-order valence-corrected chi connectivity index (χ0v) is 12.3. The Morgan fingerprint density at radius 3 is 2.35 bits per heavy atom. The Bertz CT molecular complexity index is 497. The SMILES string of the molecule is CC(C)ONC(=O)Nc1c(F)cc(F)cc1C(C)(C)C. The van der Waals surface area contributed by atoms with Gasteiger partial charge in [0, 0.05) is 6.07 Å². The van der Waals surface area contributed by atoms with Gasteiger partial charge in [0.2, 0.25) is 0 Å². The third kappa shape index (κ3) is 4.45. The summed E-state index contributed by atoms with van der Waals surface area (Å²) in [6.45, 7) is 8.87. The van der Waals surface area contributed by atoms with Crippen LogP contribution in [0.3, 0.4) is 0 Å². The van der Waals surface area contributed by atoms with Gasteiger partial charge in [-0.15, -0.1) is 0 Å². The molecule has 0 radical (unpaired) electrons. The predicted molar refractivity (Wildman–Crippen MR) is 73.4 cm³/mol. The van der Waals surface area contributed by atoms with E-state index in [-0.39, 0.29) is 11.8 Å². The van der Waals surface area contributed by atoms with Crippen molar-refractivity contribution in [3.05, 3.63) is 29.3 Å². The summed E-state index contributed by atoms with van der Waals surface area (Å²) in [6, 6.07) is 1.23. The summed E-state index contributed by atoms with van der Waals surface area (Å²) in [6.07, 6.45) is -0.207. The quantitative estimate of drug-likeness (QED) is 0.832. The van der Waals surface area contributed by atoms with Gasteiger partial charge < -0.3 is 5.32 Å². The summed E-state index contributed by atoms with van der Waals surface area (Å²) in [7, 11) is 0. The summed E-state index contributed by atoms with van der Waals surface area (Å²) < 4.78 is 27.2. The minimum atomic E-state index is -0.824. The molecule has 0 aliphatic heterocycles. The molecule has 4 nitrogen and oxygen atoms in total. The monoisotopic (exact) mass is 286 g/mol. The minimum absolute atomic E-state index is 0.0521. The predicted octanol–water partition coefficient (Wildman–Crippen LogP) is 3.72. The number of benzene rings is 1. The lowest BCUT2D eigenvalue weighted by molar-refractivity contribution is 0.0198. The van der Waals surface area contributed by atoms with Crippen LogP contribution in [0.4, 0.5) is 19.3 Å². The van der Waals surface area contributed by atoms with Gasteiger partial charge in [-0.25, -0.2) is 19.1 Å². The van der Waals surface area contributed by atoms with Gasteiger partial charge >= 0.3 is 6.03 Å². The van der Waals surface area contributed by atoms with Crippen LogP contribution in [0, 0.1) is 11.6 Å². The van der Waals surface area contributed by atoms with Crippen LogP contribution in [0.1, 0.15) is 40.2 Å². The van der Waals surface area contributed by atoms with E-state index in [0.717, 1.165) is 6.07 Å². The lowest BCUT2D eigenvalue weighted by atomic mass is 9.85. The van der Waals surface area contributed by atoms with Crippen LogP contribution in [0.15, 0.2) is 12.1 Å². The summed E-state index contributed by atoms with van der Waals surface area (Å²) in [5.74, 6) is -1.51. The topological polar surface area (TPSA) is 50.4 Å². The number of amides is 2. The lowest BCUT2D eigenvalue weighted by Gasteiger charge is -2.23. The number of hydrogen-bond donors (Lipinski definition) is 2. The average molecular weight is 286 g/mol.